The monoisotopic (exact) mass is 533 g/mol. The summed E-state index contributed by atoms with van der Waals surface area (Å²) >= 11 is 1.70. The van der Waals surface area contributed by atoms with E-state index in [0.717, 1.165) is 23.3 Å². The average molecular weight is 534 g/mol. The quantitative estimate of drug-likeness (QED) is 0.228. The van der Waals surface area contributed by atoms with Crippen LogP contribution in [0.5, 0.6) is 5.75 Å². The van der Waals surface area contributed by atoms with Crippen molar-refractivity contribution in [3.63, 3.8) is 0 Å². The third-order valence-electron chi connectivity index (χ3n) is 6.61. The van der Waals surface area contributed by atoms with E-state index in [1.54, 1.807) is 41.6 Å². The van der Waals surface area contributed by atoms with Crippen LogP contribution in [0.15, 0.2) is 66.1 Å². The summed E-state index contributed by atoms with van der Waals surface area (Å²) in [6.45, 7) is 6.18. The standard InChI is InChI=1S/C29H31N3O5S/c1-29(2,3)31(26(33)14-7-20-5-10-22(11-6-20)32(35)36)19-27(34)30-17-15-25-24(16-18-38-25)28(30)21-8-12-23(37-4)13-9-21/h5-14,16,18,28H,15,17,19H2,1-4H3/b14-7+/t28-/m0/s1. The highest BCUT2D eigenvalue weighted by molar-refractivity contribution is 7.10. The summed E-state index contributed by atoms with van der Waals surface area (Å²) < 4.78 is 5.31. The lowest BCUT2D eigenvalue weighted by atomic mass is 9.93. The van der Waals surface area contributed by atoms with Crippen LogP contribution in [0.3, 0.4) is 0 Å². The van der Waals surface area contributed by atoms with Gasteiger partial charge in [-0.1, -0.05) is 12.1 Å². The maximum atomic E-state index is 13.8. The van der Waals surface area contributed by atoms with Crippen LogP contribution >= 0.6 is 11.3 Å². The Hall–Kier alpha value is -3.98. The first-order chi connectivity index (χ1) is 18.1. The molecule has 1 aliphatic heterocycles. The van der Waals surface area contributed by atoms with E-state index < -0.39 is 10.5 Å². The zero-order chi connectivity index (χ0) is 27.4. The average Bonchev–Trinajstić information content (AvgIpc) is 3.38. The number of hydrogen-bond acceptors (Lipinski definition) is 6. The number of carbonyl (C=O) groups is 2. The third kappa shape index (κ3) is 5.94. The topological polar surface area (TPSA) is 93.0 Å². The maximum absolute atomic E-state index is 13.8. The third-order valence-corrected chi connectivity index (χ3v) is 7.61. The summed E-state index contributed by atoms with van der Waals surface area (Å²) in [4.78, 5) is 42.2. The normalized spacial score (nSPS) is 15.3. The van der Waals surface area contributed by atoms with Crippen LogP contribution in [-0.4, -0.2) is 52.3 Å². The van der Waals surface area contributed by atoms with Crippen LogP contribution in [0, 0.1) is 10.1 Å². The smallest absolute Gasteiger partial charge is 0.269 e. The van der Waals surface area contributed by atoms with Crippen molar-refractivity contribution in [2.75, 3.05) is 20.2 Å². The zero-order valence-corrected chi connectivity index (χ0v) is 22.7. The van der Waals surface area contributed by atoms with Gasteiger partial charge in [0.15, 0.2) is 0 Å². The highest BCUT2D eigenvalue weighted by Gasteiger charge is 2.35. The van der Waals surface area contributed by atoms with Crippen molar-refractivity contribution in [1.82, 2.24) is 9.80 Å². The molecule has 2 heterocycles. The van der Waals surface area contributed by atoms with Gasteiger partial charge in [0.25, 0.3) is 5.69 Å². The first kappa shape index (κ1) is 27.1. The van der Waals surface area contributed by atoms with Crippen molar-refractivity contribution in [2.45, 2.75) is 38.8 Å². The van der Waals surface area contributed by atoms with E-state index in [2.05, 4.69) is 11.4 Å². The summed E-state index contributed by atoms with van der Waals surface area (Å²) in [7, 11) is 1.62. The number of nitro groups is 1. The number of carbonyl (C=O) groups excluding carboxylic acids is 2. The molecule has 0 aliphatic carbocycles. The van der Waals surface area contributed by atoms with Gasteiger partial charge in [0.1, 0.15) is 12.3 Å². The Kier molecular flexibility index (Phi) is 7.97. The number of non-ortho nitro benzene ring substituents is 1. The molecule has 1 aromatic heterocycles. The fourth-order valence-corrected chi connectivity index (χ4v) is 5.47. The number of hydrogen-bond donors (Lipinski definition) is 0. The predicted octanol–water partition coefficient (Wildman–Crippen LogP) is 5.48. The van der Waals surface area contributed by atoms with E-state index in [1.807, 2.05) is 49.9 Å². The van der Waals surface area contributed by atoms with Crippen molar-refractivity contribution >= 4 is 34.9 Å². The molecule has 1 aliphatic rings. The van der Waals surface area contributed by atoms with Gasteiger partial charge in [-0.05, 0) is 85.7 Å². The number of fused-ring (bicyclic) bond motifs is 1. The Labute approximate surface area is 226 Å². The summed E-state index contributed by atoms with van der Waals surface area (Å²) in [6.07, 6.45) is 3.79. The molecular formula is C29H31N3O5S. The molecule has 198 valence electrons. The van der Waals surface area contributed by atoms with E-state index in [-0.39, 0.29) is 30.1 Å². The van der Waals surface area contributed by atoms with Crippen LogP contribution in [0.1, 0.15) is 48.4 Å². The number of ether oxygens (including phenoxy) is 1. The Morgan fingerprint density at radius 1 is 1.13 bits per heavy atom. The number of amides is 2. The summed E-state index contributed by atoms with van der Waals surface area (Å²) in [5.74, 6) is 0.311. The molecule has 2 aromatic carbocycles. The number of benzene rings is 2. The fourth-order valence-electron chi connectivity index (χ4n) is 4.57. The van der Waals surface area contributed by atoms with Gasteiger partial charge in [0.05, 0.1) is 18.1 Å². The van der Waals surface area contributed by atoms with Crippen LogP contribution in [0.2, 0.25) is 0 Å². The van der Waals surface area contributed by atoms with Gasteiger partial charge in [-0.25, -0.2) is 0 Å². The fraction of sp³-hybridized carbons (Fsp3) is 0.310. The molecular weight excluding hydrogens is 502 g/mol. The van der Waals surface area contributed by atoms with Crippen LogP contribution in [0.25, 0.3) is 6.08 Å². The minimum atomic E-state index is -0.606. The molecule has 0 N–H and O–H groups in total. The number of thiophene rings is 1. The van der Waals surface area contributed by atoms with Gasteiger partial charge in [-0.3, -0.25) is 19.7 Å². The molecule has 0 saturated heterocycles. The summed E-state index contributed by atoms with van der Waals surface area (Å²) in [6, 6.07) is 15.5. The van der Waals surface area contributed by atoms with Crippen LogP contribution < -0.4 is 4.74 Å². The molecule has 0 saturated carbocycles. The number of rotatable bonds is 7. The van der Waals surface area contributed by atoms with E-state index in [0.29, 0.717) is 12.1 Å². The molecule has 2 amide bonds. The maximum Gasteiger partial charge on any atom is 0.269 e. The molecule has 1 atom stereocenters. The van der Waals surface area contributed by atoms with Crippen LogP contribution in [-0.2, 0) is 16.0 Å². The predicted molar refractivity (Wildman–Crippen MR) is 148 cm³/mol. The van der Waals surface area contributed by atoms with Gasteiger partial charge >= 0.3 is 0 Å². The first-order valence-corrected chi connectivity index (χ1v) is 13.2. The van der Waals surface area contributed by atoms with E-state index in [4.69, 9.17) is 4.74 Å². The second-order valence-electron chi connectivity index (χ2n) is 10.1. The lowest BCUT2D eigenvalue weighted by Crippen LogP contribution is -2.52. The van der Waals surface area contributed by atoms with Crippen LogP contribution in [0.4, 0.5) is 5.69 Å². The van der Waals surface area contributed by atoms with E-state index in [1.165, 1.54) is 23.1 Å². The molecule has 9 heteroatoms. The lowest BCUT2D eigenvalue weighted by Gasteiger charge is -2.40. The molecule has 4 rings (SSSR count). The van der Waals surface area contributed by atoms with Crippen molar-refractivity contribution in [2.24, 2.45) is 0 Å². The SMILES string of the molecule is COc1ccc([C@H]2c3ccsc3CCN2C(=O)CN(C(=O)/C=C/c2ccc([N+](=O)[O-])cc2)C(C)(C)C)cc1. The Balaban J connectivity index is 1.56. The lowest BCUT2D eigenvalue weighted by molar-refractivity contribution is -0.384. The Morgan fingerprint density at radius 3 is 2.42 bits per heavy atom. The van der Waals surface area contributed by atoms with E-state index >= 15 is 0 Å². The molecule has 0 fully saturated rings. The van der Waals surface area contributed by atoms with Gasteiger partial charge in [0, 0.05) is 35.2 Å². The van der Waals surface area contributed by atoms with Gasteiger partial charge in [0.2, 0.25) is 11.8 Å². The second-order valence-corrected chi connectivity index (χ2v) is 11.1. The molecule has 0 bridgehead atoms. The highest BCUT2D eigenvalue weighted by Crippen LogP contribution is 2.38. The van der Waals surface area contributed by atoms with Gasteiger partial charge in [-0.2, -0.15) is 0 Å². The summed E-state index contributed by atoms with van der Waals surface area (Å²) in [5, 5.41) is 13.0. The number of nitro benzene ring substituents is 1. The van der Waals surface area contributed by atoms with Crippen molar-refractivity contribution < 1.29 is 19.2 Å². The van der Waals surface area contributed by atoms with Gasteiger partial charge in [-0.15, -0.1) is 11.3 Å². The molecule has 0 unspecified atom stereocenters. The zero-order valence-electron chi connectivity index (χ0n) is 21.9. The summed E-state index contributed by atoms with van der Waals surface area (Å²) in [5.41, 5.74) is 2.14. The molecule has 0 radical (unpaired) electrons. The van der Waals surface area contributed by atoms with Crippen molar-refractivity contribution in [3.05, 3.63) is 97.7 Å². The minimum Gasteiger partial charge on any atom is -0.497 e. The molecule has 0 spiro atoms. The highest BCUT2D eigenvalue weighted by atomic mass is 32.1. The Bertz CT molecular complexity index is 1340. The van der Waals surface area contributed by atoms with Gasteiger partial charge < -0.3 is 14.5 Å². The van der Waals surface area contributed by atoms with E-state index in [9.17, 15) is 19.7 Å². The first-order valence-electron chi connectivity index (χ1n) is 12.3. The number of nitrogens with zero attached hydrogens (tertiary/aromatic N) is 3. The molecule has 38 heavy (non-hydrogen) atoms. The second kappa shape index (κ2) is 11.2. The number of methoxy groups -OCH3 is 1. The minimum absolute atomic E-state index is 0.0166. The largest absolute Gasteiger partial charge is 0.497 e. The van der Waals surface area contributed by atoms with Crippen molar-refractivity contribution in [3.8, 4) is 5.75 Å². The molecule has 8 nitrogen and oxygen atoms in total. The molecule has 3 aromatic rings. The van der Waals surface area contributed by atoms with Crippen molar-refractivity contribution in [1.29, 1.82) is 0 Å². The Morgan fingerprint density at radius 2 is 1.82 bits per heavy atom.